The molecule has 1 saturated heterocycles. The average Bonchev–Trinajstić information content (AvgIpc) is 2.68. The third-order valence-electron chi connectivity index (χ3n) is 2.33. The molecule has 1 aliphatic rings. The Kier molecular flexibility index (Phi) is 3.24. The number of thioether (sulfide) groups is 1. The van der Waals surface area contributed by atoms with E-state index >= 15 is 0 Å². The maximum absolute atomic E-state index is 12.6. The number of rotatable bonds is 2. The molecule has 16 heavy (non-hydrogen) atoms. The van der Waals surface area contributed by atoms with Crippen LogP contribution in [0.1, 0.15) is 5.56 Å². The van der Waals surface area contributed by atoms with Crippen molar-refractivity contribution in [2.45, 2.75) is 6.42 Å². The molecular weight excluding hydrogens is 229 g/mol. The summed E-state index contributed by atoms with van der Waals surface area (Å²) in [5, 5.41) is -0.188. The van der Waals surface area contributed by atoms with E-state index in [9.17, 15) is 14.0 Å². The molecule has 0 N–H and O–H groups in total. The minimum absolute atomic E-state index is 0.145. The number of carbonyl (C=O) groups is 2. The van der Waals surface area contributed by atoms with Gasteiger partial charge in [-0.05, 0) is 17.7 Å². The van der Waals surface area contributed by atoms with Gasteiger partial charge in [-0.15, -0.1) is 0 Å². The Morgan fingerprint density at radius 3 is 2.62 bits per heavy atom. The molecule has 0 spiro atoms. The van der Waals surface area contributed by atoms with E-state index in [1.807, 2.05) is 0 Å². The van der Waals surface area contributed by atoms with Crippen LogP contribution >= 0.6 is 11.8 Å². The van der Waals surface area contributed by atoms with Gasteiger partial charge in [-0.2, -0.15) is 0 Å². The first-order valence-electron chi connectivity index (χ1n) is 4.88. The molecule has 1 fully saturated rings. The van der Waals surface area contributed by atoms with Crippen molar-refractivity contribution in [1.29, 1.82) is 0 Å². The Morgan fingerprint density at radius 1 is 1.38 bits per heavy atom. The van der Waals surface area contributed by atoms with Crippen molar-refractivity contribution in [3.63, 3.8) is 0 Å². The number of amides is 2. The number of benzene rings is 1. The quantitative estimate of drug-likeness (QED) is 0.792. The summed E-state index contributed by atoms with van der Waals surface area (Å²) in [6, 6.07) is 5.73. The van der Waals surface area contributed by atoms with Crippen LogP contribution in [0.4, 0.5) is 9.18 Å². The van der Waals surface area contributed by atoms with Gasteiger partial charge in [-0.1, -0.05) is 23.9 Å². The SMILES string of the molecule is O=C(Cc1ccc(F)cc1)N1CCSC1=O. The summed E-state index contributed by atoms with van der Waals surface area (Å²) < 4.78 is 12.6. The monoisotopic (exact) mass is 239 g/mol. The van der Waals surface area contributed by atoms with E-state index in [2.05, 4.69) is 0 Å². The molecule has 0 aromatic heterocycles. The molecule has 2 amide bonds. The third-order valence-corrected chi connectivity index (χ3v) is 3.18. The van der Waals surface area contributed by atoms with Gasteiger partial charge in [0, 0.05) is 12.3 Å². The van der Waals surface area contributed by atoms with Crippen molar-refractivity contribution in [2.24, 2.45) is 0 Å². The highest BCUT2D eigenvalue weighted by Crippen LogP contribution is 2.18. The Morgan fingerprint density at radius 2 is 2.06 bits per heavy atom. The van der Waals surface area contributed by atoms with Crippen LogP contribution in [-0.4, -0.2) is 28.3 Å². The Labute approximate surface area is 96.6 Å². The van der Waals surface area contributed by atoms with Gasteiger partial charge in [0.2, 0.25) is 5.91 Å². The molecule has 3 nitrogen and oxygen atoms in total. The summed E-state index contributed by atoms with van der Waals surface area (Å²) in [7, 11) is 0. The topological polar surface area (TPSA) is 37.4 Å². The van der Waals surface area contributed by atoms with Gasteiger partial charge >= 0.3 is 0 Å². The minimum atomic E-state index is -0.330. The lowest BCUT2D eigenvalue weighted by molar-refractivity contribution is -0.126. The third kappa shape index (κ3) is 2.41. The first kappa shape index (κ1) is 11.1. The molecule has 1 aromatic rings. The van der Waals surface area contributed by atoms with E-state index < -0.39 is 0 Å². The fourth-order valence-corrected chi connectivity index (χ4v) is 2.29. The van der Waals surface area contributed by atoms with Gasteiger partial charge in [0.05, 0.1) is 6.42 Å². The Balaban J connectivity index is 2.02. The second-order valence-electron chi connectivity index (χ2n) is 3.46. The zero-order valence-electron chi connectivity index (χ0n) is 8.48. The normalized spacial score (nSPS) is 15.6. The molecule has 1 aliphatic heterocycles. The number of hydrogen-bond donors (Lipinski definition) is 0. The number of carbonyl (C=O) groups excluding carboxylic acids is 2. The second-order valence-corrected chi connectivity index (χ2v) is 4.51. The zero-order valence-corrected chi connectivity index (χ0v) is 9.30. The molecule has 2 rings (SSSR count). The van der Waals surface area contributed by atoms with E-state index in [-0.39, 0.29) is 23.4 Å². The lowest BCUT2D eigenvalue weighted by Crippen LogP contribution is -2.32. The lowest BCUT2D eigenvalue weighted by atomic mass is 10.1. The maximum atomic E-state index is 12.6. The summed E-state index contributed by atoms with van der Waals surface area (Å²) in [5.41, 5.74) is 0.719. The predicted molar refractivity (Wildman–Crippen MR) is 59.7 cm³/mol. The van der Waals surface area contributed by atoms with Crippen molar-refractivity contribution >= 4 is 22.9 Å². The summed E-state index contributed by atoms with van der Waals surface area (Å²) in [6.07, 6.45) is 0.145. The van der Waals surface area contributed by atoms with Crippen LogP contribution in [0.15, 0.2) is 24.3 Å². The van der Waals surface area contributed by atoms with Crippen molar-refractivity contribution in [3.8, 4) is 0 Å². The second kappa shape index (κ2) is 4.65. The van der Waals surface area contributed by atoms with Gasteiger partial charge in [-0.25, -0.2) is 4.39 Å². The first-order chi connectivity index (χ1) is 7.66. The van der Waals surface area contributed by atoms with E-state index in [0.29, 0.717) is 12.3 Å². The van der Waals surface area contributed by atoms with Gasteiger partial charge < -0.3 is 0 Å². The molecule has 1 heterocycles. The van der Waals surface area contributed by atoms with Gasteiger partial charge in [0.25, 0.3) is 5.24 Å². The Hall–Kier alpha value is -1.36. The van der Waals surface area contributed by atoms with Crippen molar-refractivity contribution in [1.82, 2.24) is 4.90 Å². The molecule has 1 aromatic carbocycles. The minimum Gasteiger partial charge on any atom is -0.274 e. The smallest absolute Gasteiger partial charge is 0.274 e. The summed E-state index contributed by atoms with van der Waals surface area (Å²) in [5.74, 6) is 0.110. The number of halogens is 1. The van der Waals surface area contributed by atoms with Crippen molar-refractivity contribution in [3.05, 3.63) is 35.6 Å². The van der Waals surface area contributed by atoms with Crippen LogP contribution in [-0.2, 0) is 11.2 Å². The number of imide groups is 1. The summed E-state index contributed by atoms with van der Waals surface area (Å²) in [4.78, 5) is 24.2. The van der Waals surface area contributed by atoms with E-state index in [1.165, 1.54) is 17.0 Å². The van der Waals surface area contributed by atoms with Crippen molar-refractivity contribution in [2.75, 3.05) is 12.3 Å². The van der Waals surface area contributed by atoms with Crippen LogP contribution in [0, 0.1) is 5.82 Å². The standard InChI is InChI=1S/C11H10FNO2S/c12-9-3-1-8(2-4-9)7-10(14)13-5-6-16-11(13)15/h1-4H,5-7H2. The highest BCUT2D eigenvalue weighted by Gasteiger charge is 2.26. The van der Waals surface area contributed by atoms with E-state index in [1.54, 1.807) is 12.1 Å². The molecule has 0 saturated carbocycles. The van der Waals surface area contributed by atoms with E-state index in [4.69, 9.17) is 0 Å². The molecule has 5 heteroatoms. The fraction of sp³-hybridized carbons (Fsp3) is 0.273. The van der Waals surface area contributed by atoms with Gasteiger partial charge in [0.1, 0.15) is 5.82 Å². The molecule has 0 aliphatic carbocycles. The molecule has 84 valence electrons. The lowest BCUT2D eigenvalue weighted by Gasteiger charge is -2.12. The number of nitrogens with zero attached hydrogens (tertiary/aromatic N) is 1. The highest BCUT2D eigenvalue weighted by molar-refractivity contribution is 8.13. The largest absolute Gasteiger partial charge is 0.288 e. The summed E-state index contributed by atoms with van der Waals surface area (Å²) >= 11 is 1.15. The Bertz CT molecular complexity index is 418. The van der Waals surface area contributed by atoms with Gasteiger partial charge in [-0.3, -0.25) is 14.5 Å². The molecule has 0 radical (unpaired) electrons. The molecular formula is C11H10FNO2S. The van der Waals surface area contributed by atoms with E-state index in [0.717, 1.165) is 17.3 Å². The van der Waals surface area contributed by atoms with Crippen LogP contribution in [0.2, 0.25) is 0 Å². The first-order valence-corrected chi connectivity index (χ1v) is 5.87. The summed E-state index contributed by atoms with van der Waals surface area (Å²) in [6.45, 7) is 0.476. The molecule has 0 bridgehead atoms. The zero-order chi connectivity index (χ0) is 11.5. The average molecular weight is 239 g/mol. The molecule has 0 unspecified atom stereocenters. The maximum Gasteiger partial charge on any atom is 0.288 e. The van der Waals surface area contributed by atoms with Crippen LogP contribution < -0.4 is 0 Å². The number of hydrogen-bond acceptors (Lipinski definition) is 3. The van der Waals surface area contributed by atoms with Gasteiger partial charge in [0.15, 0.2) is 0 Å². The van der Waals surface area contributed by atoms with Crippen LogP contribution in [0.5, 0.6) is 0 Å². The predicted octanol–water partition coefficient (Wildman–Crippen LogP) is 2.06. The fourth-order valence-electron chi connectivity index (χ4n) is 1.49. The van der Waals surface area contributed by atoms with Crippen molar-refractivity contribution < 1.29 is 14.0 Å². The molecule has 0 atom stereocenters. The van der Waals surface area contributed by atoms with Crippen LogP contribution in [0.3, 0.4) is 0 Å². The highest BCUT2D eigenvalue weighted by atomic mass is 32.2. The van der Waals surface area contributed by atoms with Crippen LogP contribution in [0.25, 0.3) is 0 Å².